The molecule has 1 fully saturated rings. The lowest BCUT2D eigenvalue weighted by molar-refractivity contribution is 0.0331. The maximum Gasteiger partial charge on any atom is 0.508 e. The van der Waals surface area contributed by atoms with Crippen molar-refractivity contribution in [3.63, 3.8) is 0 Å². The number of cyclic esters (lactones) is 2. The molecule has 80 valence electrons. The molecular weight excluding hydrogens is 196 g/mol. The summed E-state index contributed by atoms with van der Waals surface area (Å²) >= 11 is 0. The van der Waals surface area contributed by atoms with E-state index in [4.69, 9.17) is 4.74 Å². The van der Waals surface area contributed by atoms with Gasteiger partial charge in [-0.25, -0.2) is 4.79 Å². The van der Waals surface area contributed by atoms with E-state index in [1.807, 2.05) is 30.3 Å². The first-order chi connectivity index (χ1) is 7.25. The van der Waals surface area contributed by atoms with Gasteiger partial charge in [0.15, 0.2) is 6.10 Å². The minimum Gasteiger partial charge on any atom is -0.430 e. The smallest absolute Gasteiger partial charge is 0.430 e. The summed E-state index contributed by atoms with van der Waals surface area (Å²) in [6, 6.07) is 9.55. The predicted molar refractivity (Wildman–Crippen MR) is 52.4 cm³/mol. The fourth-order valence-corrected chi connectivity index (χ4v) is 1.52. The fraction of sp³-hybridized carbons (Fsp3) is 0.364. The van der Waals surface area contributed by atoms with E-state index in [-0.39, 0.29) is 6.61 Å². The van der Waals surface area contributed by atoms with Crippen LogP contribution in [0.4, 0.5) is 4.79 Å². The molecule has 4 heteroatoms. The van der Waals surface area contributed by atoms with Crippen LogP contribution in [-0.2, 0) is 15.9 Å². The highest BCUT2D eigenvalue weighted by atomic mass is 16.8. The van der Waals surface area contributed by atoms with Crippen LogP contribution in [0, 0.1) is 0 Å². The number of carbonyl (C=O) groups excluding carboxylic acids is 1. The summed E-state index contributed by atoms with van der Waals surface area (Å²) < 4.78 is 9.39. The Bertz CT molecular complexity index is 336. The number of aliphatic hydroxyl groups excluding tert-OH is 1. The van der Waals surface area contributed by atoms with Crippen LogP contribution in [0.1, 0.15) is 5.56 Å². The molecule has 0 unspecified atom stereocenters. The normalized spacial score (nSPS) is 21.9. The van der Waals surface area contributed by atoms with Gasteiger partial charge in [0.05, 0.1) is 6.10 Å². The molecule has 1 saturated heterocycles. The summed E-state index contributed by atoms with van der Waals surface area (Å²) in [7, 11) is 0. The molecule has 1 N–H and O–H groups in total. The number of ether oxygens (including phenoxy) is 2. The molecule has 1 aromatic carbocycles. The van der Waals surface area contributed by atoms with Crippen molar-refractivity contribution in [1.82, 2.24) is 0 Å². The molecule has 0 saturated carbocycles. The van der Waals surface area contributed by atoms with Gasteiger partial charge in [0.2, 0.25) is 0 Å². The van der Waals surface area contributed by atoms with Gasteiger partial charge < -0.3 is 14.6 Å². The average Bonchev–Trinajstić information content (AvgIpc) is 2.66. The summed E-state index contributed by atoms with van der Waals surface area (Å²) in [6.07, 6.45) is -1.49. The molecule has 1 heterocycles. The Morgan fingerprint density at radius 2 is 2.13 bits per heavy atom. The van der Waals surface area contributed by atoms with Gasteiger partial charge in [0.25, 0.3) is 0 Å². The van der Waals surface area contributed by atoms with Gasteiger partial charge in [-0.1, -0.05) is 30.3 Å². The molecule has 0 aromatic heterocycles. The van der Waals surface area contributed by atoms with E-state index in [1.165, 1.54) is 0 Å². The first-order valence-electron chi connectivity index (χ1n) is 4.81. The third kappa shape index (κ3) is 2.47. The third-order valence-electron chi connectivity index (χ3n) is 2.33. The maximum atomic E-state index is 10.7. The number of hydrogen-bond acceptors (Lipinski definition) is 4. The van der Waals surface area contributed by atoms with E-state index >= 15 is 0 Å². The molecule has 0 radical (unpaired) electrons. The quantitative estimate of drug-likeness (QED) is 0.756. The van der Waals surface area contributed by atoms with E-state index in [0.29, 0.717) is 6.42 Å². The number of rotatable bonds is 3. The Kier molecular flexibility index (Phi) is 2.87. The van der Waals surface area contributed by atoms with Gasteiger partial charge in [0.1, 0.15) is 6.61 Å². The van der Waals surface area contributed by atoms with E-state index in [0.717, 1.165) is 5.56 Å². The van der Waals surface area contributed by atoms with Gasteiger partial charge in [-0.3, -0.25) is 0 Å². The van der Waals surface area contributed by atoms with Crippen LogP contribution < -0.4 is 0 Å². The largest absolute Gasteiger partial charge is 0.508 e. The second-order valence-corrected chi connectivity index (χ2v) is 3.47. The molecule has 0 aliphatic carbocycles. The molecule has 0 amide bonds. The Balaban J connectivity index is 1.92. The van der Waals surface area contributed by atoms with Crippen LogP contribution in [-0.4, -0.2) is 30.1 Å². The van der Waals surface area contributed by atoms with Crippen molar-refractivity contribution in [2.24, 2.45) is 0 Å². The van der Waals surface area contributed by atoms with E-state index < -0.39 is 18.4 Å². The van der Waals surface area contributed by atoms with E-state index in [1.54, 1.807) is 0 Å². The summed E-state index contributed by atoms with van der Waals surface area (Å²) in [5.41, 5.74) is 1.01. The van der Waals surface area contributed by atoms with Gasteiger partial charge in [-0.2, -0.15) is 0 Å². The van der Waals surface area contributed by atoms with Gasteiger partial charge in [-0.05, 0) is 5.56 Å². The molecule has 15 heavy (non-hydrogen) atoms. The lowest BCUT2D eigenvalue weighted by Crippen LogP contribution is -2.30. The zero-order valence-corrected chi connectivity index (χ0v) is 8.13. The minimum atomic E-state index is -0.709. The van der Waals surface area contributed by atoms with Crippen LogP contribution >= 0.6 is 0 Å². The summed E-state index contributed by atoms with van der Waals surface area (Å²) in [5.74, 6) is 0. The SMILES string of the molecule is O=C1OC[C@@H]([C@H](O)Cc2ccccc2)O1. The van der Waals surface area contributed by atoms with Crippen molar-refractivity contribution in [1.29, 1.82) is 0 Å². The van der Waals surface area contributed by atoms with Crippen molar-refractivity contribution in [3.05, 3.63) is 35.9 Å². The average molecular weight is 208 g/mol. The molecule has 2 rings (SSSR count). The number of carbonyl (C=O) groups is 1. The van der Waals surface area contributed by atoms with Crippen molar-refractivity contribution < 1.29 is 19.4 Å². The molecule has 1 aliphatic rings. The zero-order chi connectivity index (χ0) is 10.7. The van der Waals surface area contributed by atoms with Crippen LogP contribution in [0.5, 0.6) is 0 Å². The monoisotopic (exact) mass is 208 g/mol. The molecule has 4 nitrogen and oxygen atoms in total. The van der Waals surface area contributed by atoms with Crippen molar-refractivity contribution in [2.75, 3.05) is 6.61 Å². The molecule has 1 aliphatic heterocycles. The second kappa shape index (κ2) is 4.31. The standard InChI is InChI=1S/C11H12O4/c12-9(10-7-14-11(13)15-10)6-8-4-2-1-3-5-8/h1-5,9-10,12H,6-7H2/t9-,10+/m1/s1. The third-order valence-corrected chi connectivity index (χ3v) is 2.33. The van der Waals surface area contributed by atoms with Crippen LogP contribution in [0.3, 0.4) is 0 Å². The Labute approximate surface area is 87.4 Å². The van der Waals surface area contributed by atoms with Crippen LogP contribution in [0.2, 0.25) is 0 Å². The number of hydrogen-bond donors (Lipinski definition) is 1. The van der Waals surface area contributed by atoms with E-state index in [2.05, 4.69) is 4.74 Å². The Hall–Kier alpha value is -1.55. The first kappa shape index (κ1) is 9.98. The highest BCUT2D eigenvalue weighted by molar-refractivity contribution is 5.61. The lowest BCUT2D eigenvalue weighted by Gasteiger charge is -2.14. The number of benzene rings is 1. The van der Waals surface area contributed by atoms with Gasteiger partial charge in [0, 0.05) is 6.42 Å². The Morgan fingerprint density at radius 1 is 1.40 bits per heavy atom. The Morgan fingerprint density at radius 3 is 2.73 bits per heavy atom. The molecule has 0 spiro atoms. The summed E-state index contributed by atoms with van der Waals surface area (Å²) in [5, 5.41) is 9.76. The van der Waals surface area contributed by atoms with E-state index in [9.17, 15) is 9.90 Å². The number of aliphatic hydroxyl groups is 1. The maximum absolute atomic E-state index is 10.7. The minimum absolute atomic E-state index is 0.132. The zero-order valence-electron chi connectivity index (χ0n) is 8.13. The topological polar surface area (TPSA) is 55.8 Å². The highest BCUT2D eigenvalue weighted by Gasteiger charge is 2.31. The first-order valence-corrected chi connectivity index (χ1v) is 4.81. The van der Waals surface area contributed by atoms with Crippen molar-refractivity contribution in [2.45, 2.75) is 18.6 Å². The van der Waals surface area contributed by atoms with Gasteiger partial charge in [-0.15, -0.1) is 0 Å². The second-order valence-electron chi connectivity index (χ2n) is 3.47. The molecule has 2 atom stereocenters. The summed E-state index contributed by atoms with van der Waals surface area (Å²) in [4.78, 5) is 10.7. The lowest BCUT2D eigenvalue weighted by atomic mass is 10.0. The highest BCUT2D eigenvalue weighted by Crippen LogP contribution is 2.14. The van der Waals surface area contributed by atoms with Crippen molar-refractivity contribution in [3.8, 4) is 0 Å². The summed E-state index contributed by atoms with van der Waals surface area (Å²) in [6.45, 7) is 0.132. The van der Waals surface area contributed by atoms with Gasteiger partial charge >= 0.3 is 6.16 Å². The molecule has 1 aromatic rings. The molecular formula is C11H12O4. The predicted octanol–water partition coefficient (Wildman–Crippen LogP) is 1.13. The van der Waals surface area contributed by atoms with Crippen LogP contribution in [0.25, 0.3) is 0 Å². The molecule has 0 bridgehead atoms. The fourth-order valence-electron chi connectivity index (χ4n) is 1.52. The van der Waals surface area contributed by atoms with Crippen LogP contribution in [0.15, 0.2) is 30.3 Å². The van der Waals surface area contributed by atoms with Crippen molar-refractivity contribution >= 4 is 6.16 Å².